The molecule has 1 heteroatoms. The van der Waals surface area contributed by atoms with E-state index in [4.69, 9.17) is 5.73 Å². The van der Waals surface area contributed by atoms with Gasteiger partial charge in [-0.2, -0.15) is 0 Å². The van der Waals surface area contributed by atoms with Gasteiger partial charge in [0, 0.05) is 6.04 Å². The Morgan fingerprint density at radius 1 is 1.15 bits per heavy atom. The van der Waals surface area contributed by atoms with E-state index in [1.165, 1.54) is 44.9 Å². The molecule has 2 rings (SSSR count). The Balaban J connectivity index is 1.79. The van der Waals surface area contributed by atoms with Crippen molar-refractivity contribution in [3.05, 3.63) is 0 Å². The van der Waals surface area contributed by atoms with Gasteiger partial charge in [0.2, 0.25) is 0 Å². The molecule has 0 spiro atoms. The molecule has 0 unspecified atom stereocenters. The van der Waals surface area contributed by atoms with Gasteiger partial charge >= 0.3 is 0 Å². The van der Waals surface area contributed by atoms with E-state index in [-0.39, 0.29) is 0 Å². The molecule has 0 heterocycles. The first-order valence-electron chi connectivity index (χ1n) is 6.08. The first-order valence-corrected chi connectivity index (χ1v) is 6.08. The average Bonchev–Trinajstić information content (AvgIpc) is 2.69. The predicted octanol–water partition coefficient (Wildman–Crippen LogP) is 2.94. The summed E-state index contributed by atoms with van der Waals surface area (Å²) < 4.78 is 0. The van der Waals surface area contributed by atoms with E-state index in [2.05, 4.69) is 6.92 Å². The van der Waals surface area contributed by atoms with Crippen molar-refractivity contribution >= 4 is 0 Å². The van der Waals surface area contributed by atoms with Crippen LogP contribution in [0.2, 0.25) is 0 Å². The highest BCUT2D eigenvalue weighted by atomic mass is 14.7. The van der Waals surface area contributed by atoms with Crippen molar-refractivity contribution in [1.82, 2.24) is 0 Å². The summed E-state index contributed by atoms with van der Waals surface area (Å²) in [4.78, 5) is 0. The second kappa shape index (κ2) is 4.00. The standard InChI is InChI=1S/C12H23N/c1-2-3-4-5-11-9-6-7-10(8-9)12(11)13/h9-12H,2-8,13H2,1H3/t9-,10+,11-,12-/m0/s1. The van der Waals surface area contributed by atoms with E-state index < -0.39 is 0 Å². The molecule has 2 aliphatic carbocycles. The SMILES string of the molecule is CCCCC[C@H]1[C@H]2CC[C@H](C2)[C@@H]1N. The zero-order valence-electron chi connectivity index (χ0n) is 8.84. The molecule has 13 heavy (non-hydrogen) atoms. The minimum absolute atomic E-state index is 0.565. The first-order chi connectivity index (χ1) is 6.33. The Morgan fingerprint density at radius 3 is 2.54 bits per heavy atom. The first kappa shape index (κ1) is 9.51. The van der Waals surface area contributed by atoms with Crippen LogP contribution in [0.15, 0.2) is 0 Å². The molecule has 0 aromatic heterocycles. The van der Waals surface area contributed by atoms with Crippen LogP contribution in [-0.2, 0) is 0 Å². The van der Waals surface area contributed by atoms with Crippen LogP contribution in [0.5, 0.6) is 0 Å². The summed E-state index contributed by atoms with van der Waals surface area (Å²) >= 11 is 0. The fourth-order valence-corrected chi connectivity index (χ4v) is 3.51. The molecule has 1 nitrogen and oxygen atoms in total. The minimum Gasteiger partial charge on any atom is -0.327 e. The third kappa shape index (κ3) is 1.76. The van der Waals surface area contributed by atoms with Gasteiger partial charge in [-0.1, -0.05) is 26.2 Å². The van der Waals surface area contributed by atoms with Crippen molar-refractivity contribution in [3.8, 4) is 0 Å². The summed E-state index contributed by atoms with van der Waals surface area (Å²) in [5.41, 5.74) is 6.25. The van der Waals surface area contributed by atoms with Crippen LogP contribution >= 0.6 is 0 Å². The monoisotopic (exact) mass is 181 g/mol. The zero-order chi connectivity index (χ0) is 9.26. The molecule has 2 saturated carbocycles. The maximum absolute atomic E-state index is 6.25. The number of fused-ring (bicyclic) bond motifs is 2. The van der Waals surface area contributed by atoms with Crippen LogP contribution in [0, 0.1) is 17.8 Å². The fourth-order valence-electron chi connectivity index (χ4n) is 3.51. The molecule has 0 saturated heterocycles. The number of nitrogens with two attached hydrogens (primary N) is 1. The van der Waals surface area contributed by atoms with Gasteiger partial charge in [-0.25, -0.2) is 0 Å². The smallest absolute Gasteiger partial charge is 0.00983 e. The van der Waals surface area contributed by atoms with Crippen molar-refractivity contribution in [2.24, 2.45) is 23.5 Å². The Bertz CT molecular complexity index is 165. The van der Waals surface area contributed by atoms with Crippen molar-refractivity contribution in [3.63, 3.8) is 0 Å². The number of rotatable bonds is 4. The molecule has 0 amide bonds. The largest absolute Gasteiger partial charge is 0.327 e. The van der Waals surface area contributed by atoms with Gasteiger partial charge in [-0.15, -0.1) is 0 Å². The molecule has 0 aromatic carbocycles. The summed E-state index contributed by atoms with van der Waals surface area (Å²) in [6.45, 7) is 2.28. The lowest BCUT2D eigenvalue weighted by Crippen LogP contribution is -2.35. The van der Waals surface area contributed by atoms with E-state index in [0.29, 0.717) is 6.04 Å². The summed E-state index contributed by atoms with van der Waals surface area (Å²) in [6, 6.07) is 0.565. The summed E-state index contributed by atoms with van der Waals surface area (Å²) in [5.74, 6) is 2.80. The number of hydrogen-bond donors (Lipinski definition) is 1. The molecule has 2 N–H and O–H groups in total. The third-order valence-corrected chi connectivity index (χ3v) is 4.30. The van der Waals surface area contributed by atoms with Gasteiger partial charge in [0.05, 0.1) is 0 Å². The lowest BCUT2D eigenvalue weighted by molar-refractivity contribution is 0.266. The molecule has 2 bridgehead atoms. The predicted molar refractivity (Wildman–Crippen MR) is 56.4 cm³/mol. The maximum atomic E-state index is 6.25. The fraction of sp³-hybridized carbons (Fsp3) is 1.00. The zero-order valence-corrected chi connectivity index (χ0v) is 8.84. The summed E-state index contributed by atoms with van der Waals surface area (Å²) in [7, 11) is 0. The third-order valence-electron chi connectivity index (χ3n) is 4.30. The van der Waals surface area contributed by atoms with Gasteiger partial charge in [0.25, 0.3) is 0 Å². The van der Waals surface area contributed by atoms with Crippen LogP contribution in [0.25, 0.3) is 0 Å². The van der Waals surface area contributed by atoms with Gasteiger partial charge < -0.3 is 5.73 Å². The van der Waals surface area contributed by atoms with Crippen molar-refractivity contribution in [2.75, 3.05) is 0 Å². The highest BCUT2D eigenvalue weighted by Gasteiger charge is 2.44. The van der Waals surface area contributed by atoms with Crippen LogP contribution in [-0.4, -0.2) is 6.04 Å². The van der Waals surface area contributed by atoms with Crippen LogP contribution in [0.3, 0.4) is 0 Å². The second-order valence-electron chi connectivity index (χ2n) is 5.07. The minimum atomic E-state index is 0.565. The van der Waals surface area contributed by atoms with Crippen molar-refractivity contribution < 1.29 is 0 Å². The lowest BCUT2D eigenvalue weighted by Gasteiger charge is -2.27. The normalized spacial score (nSPS) is 42.9. The van der Waals surface area contributed by atoms with E-state index >= 15 is 0 Å². The number of unbranched alkanes of at least 4 members (excludes halogenated alkanes) is 2. The van der Waals surface area contributed by atoms with E-state index in [0.717, 1.165) is 17.8 Å². The molecule has 76 valence electrons. The van der Waals surface area contributed by atoms with Gasteiger partial charge in [0.1, 0.15) is 0 Å². The van der Waals surface area contributed by atoms with Gasteiger partial charge in [-0.05, 0) is 43.4 Å². The van der Waals surface area contributed by atoms with Crippen LogP contribution in [0.1, 0.15) is 51.9 Å². The molecule has 0 aromatic rings. The van der Waals surface area contributed by atoms with Crippen LogP contribution < -0.4 is 5.73 Å². The molecular formula is C12H23N. The Labute approximate surface area is 82.1 Å². The average molecular weight is 181 g/mol. The Morgan fingerprint density at radius 2 is 1.92 bits per heavy atom. The summed E-state index contributed by atoms with van der Waals surface area (Å²) in [5, 5.41) is 0. The van der Waals surface area contributed by atoms with Crippen molar-refractivity contribution in [1.29, 1.82) is 0 Å². The number of hydrogen-bond acceptors (Lipinski definition) is 1. The Hall–Kier alpha value is -0.0400. The molecular weight excluding hydrogens is 158 g/mol. The van der Waals surface area contributed by atoms with E-state index in [1.807, 2.05) is 0 Å². The van der Waals surface area contributed by atoms with Gasteiger partial charge in [-0.3, -0.25) is 0 Å². The van der Waals surface area contributed by atoms with E-state index in [1.54, 1.807) is 0 Å². The van der Waals surface area contributed by atoms with Crippen LogP contribution in [0.4, 0.5) is 0 Å². The molecule has 0 aliphatic heterocycles. The highest BCUT2D eigenvalue weighted by molar-refractivity contribution is 4.98. The maximum Gasteiger partial charge on any atom is 0.00983 e. The Kier molecular flexibility index (Phi) is 2.92. The van der Waals surface area contributed by atoms with E-state index in [9.17, 15) is 0 Å². The van der Waals surface area contributed by atoms with Crippen molar-refractivity contribution in [2.45, 2.75) is 57.9 Å². The molecule has 2 aliphatic rings. The quantitative estimate of drug-likeness (QED) is 0.663. The summed E-state index contributed by atoms with van der Waals surface area (Å²) in [6.07, 6.45) is 9.94. The molecule has 2 fully saturated rings. The second-order valence-corrected chi connectivity index (χ2v) is 5.07. The molecule has 0 radical (unpaired) electrons. The molecule has 4 atom stereocenters. The van der Waals surface area contributed by atoms with Gasteiger partial charge in [0.15, 0.2) is 0 Å². The lowest BCUT2D eigenvalue weighted by atomic mass is 9.82. The highest BCUT2D eigenvalue weighted by Crippen LogP contribution is 2.49. The topological polar surface area (TPSA) is 26.0 Å².